The van der Waals surface area contributed by atoms with Crippen LogP contribution in [-0.2, 0) is 5.54 Å². The minimum absolute atomic E-state index is 0.0146. The van der Waals surface area contributed by atoms with Gasteiger partial charge in [-0.1, -0.05) is 28.1 Å². The maximum atomic E-state index is 12.3. The van der Waals surface area contributed by atoms with Crippen LogP contribution in [0.15, 0.2) is 45.3 Å². The molecular formula is C16H14BrNO4. The van der Waals surface area contributed by atoms with E-state index < -0.39 is 17.4 Å². The smallest absolute Gasteiger partial charge is 0.371 e. The van der Waals surface area contributed by atoms with Crippen molar-refractivity contribution in [3.63, 3.8) is 0 Å². The fraction of sp³-hybridized carbons (Fsp3) is 0.250. The minimum Gasteiger partial charge on any atom is -0.475 e. The second-order valence-electron chi connectivity index (χ2n) is 5.37. The molecule has 114 valence electrons. The number of amides is 1. The molecule has 3 rings (SSSR count). The topological polar surface area (TPSA) is 79.5 Å². The quantitative estimate of drug-likeness (QED) is 0.870. The summed E-state index contributed by atoms with van der Waals surface area (Å²) in [6.07, 6.45) is 2.74. The van der Waals surface area contributed by atoms with Crippen molar-refractivity contribution in [1.82, 2.24) is 5.32 Å². The van der Waals surface area contributed by atoms with Gasteiger partial charge in [0.05, 0.1) is 5.54 Å². The van der Waals surface area contributed by atoms with Crippen LogP contribution in [0.25, 0.3) is 0 Å². The number of furan rings is 1. The predicted octanol–water partition coefficient (Wildman–Crippen LogP) is 3.55. The summed E-state index contributed by atoms with van der Waals surface area (Å²) >= 11 is 3.40. The fourth-order valence-corrected chi connectivity index (χ4v) is 2.90. The number of carbonyl (C=O) groups is 2. The van der Waals surface area contributed by atoms with E-state index in [1.807, 2.05) is 24.3 Å². The molecule has 1 aliphatic rings. The van der Waals surface area contributed by atoms with E-state index in [2.05, 4.69) is 21.2 Å². The first kappa shape index (κ1) is 14.8. The molecule has 0 unspecified atom stereocenters. The van der Waals surface area contributed by atoms with Crippen LogP contribution < -0.4 is 5.32 Å². The molecule has 2 aromatic rings. The number of carboxylic acid groups (broad SMARTS) is 1. The van der Waals surface area contributed by atoms with Gasteiger partial charge in [-0.25, -0.2) is 4.79 Å². The standard InChI is InChI=1S/C16H14BrNO4/c17-11-4-2-10(3-5-11)16(8-1-9-16)18-14(19)12-6-7-13(22-12)15(20)21/h2-7H,1,8-9H2,(H,18,19)(H,20,21). The normalized spacial score (nSPS) is 15.9. The van der Waals surface area contributed by atoms with Gasteiger partial charge in [-0.05, 0) is 49.1 Å². The highest BCUT2D eigenvalue weighted by atomic mass is 79.9. The molecule has 1 aliphatic carbocycles. The molecule has 0 bridgehead atoms. The molecule has 1 saturated carbocycles. The van der Waals surface area contributed by atoms with E-state index in [9.17, 15) is 9.59 Å². The third kappa shape index (κ3) is 2.66. The summed E-state index contributed by atoms with van der Waals surface area (Å²) in [6.45, 7) is 0. The van der Waals surface area contributed by atoms with Crippen molar-refractivity contribution >= 4 is 27.8 Å². The van der Waals surface area contributed by atoms with Crippen LogP contribution in [0.3, 0.4) is 0 Å². The Balaban J connectivity index is 1.81. The van der Waals surface area contributed by atoms with Gasteiger partial charge in [-0.2, -0.15) is 0 Å². The summed E-state index contributed by atoms with van der Waals surface area (Å²) in [5.74, 6) is -1.81. The summed E-state index contributed by atoms with van der Waals surface area (Å²) in [4.78, 5) is 23.1. The molecule has 6 heteroatoms. The number of hydrogen-bond acceptors (Lipinski definition) is 3. The molecular weight excluding hydrogens is 350 g/mol. The number of hydrogen-bond donors (Lipinski definition) is 2. The maximum absolute atomic E-state index is 12.3. The first-order chi connectivity index (χ1) is 10.5. The largest absolute Gasteiger partial charge is 0.475 e. The van der Waals surface area contributed by atoms with Gasteiger partial charge in [-0.15, -0.1) is 0 Å². The van der Waals surface area contributed by atoms with Crippen molar-refractivity contribution in [2.24, 2.45) is 0 Å². The first-order valence-corrected chi connectivity index (χ1v) is 7.71. The Labute approximate surface area is 135 Å². The van der Waals surface area contributed by atoms with E-state index in [4.69, 9.17) is 9.52 Å². The number of carboxylic acids is 1. The Morgan fingerprint density at radius 3 is 2.23 bits per heavy atom. The number of halogens is 1. The third-order valence-corrected chi connectivity index (χ3v) is 4.53. The van der Waals surface area contributed by atoms with Crippen molar-refractivity contribution in [2.45, 2.75) is 24.8 Å². The van der Waals surface area contributed by atoms with Gasteiger partial charge in [0.1, 0.15) is 0 Å². The number of carbonyl (C=O) groups excluding carboxylic acids is 1. The predicted molar refractivity (Wildman–Crippen MR) is 82.8 cm³/mol. The van der Waals surface area contributed by atoms with E-state index in [0.717, 1.165) is 29.3 Å². The lowest BCUT2D eigenvalue weighted by molar-refractivity contribution is 0.0656. The van der Waals surface area contributed by atoms with Crippen LogP contribution in [0.1, 0.15) is 45.9 Å². The SMILES string of the molecule is O=C(O)c1ccc(C(=O)NC2(c3ccc(Br)cc3)CCC2)o1. The molecule has 1 heterocycles. The molecule has 1 fully saturated rings. The lowest BCUT2D eigenvalue weighted by atomic mass is 9.71. The Bertz CT molecular complexity index is 716. The molecule has 0 saturated heterocycles. The summed E-state index contributed by atoms with van der Waals surface area (Å²) in [5, 5.41) is 11.8. The molecule has 0 radical (unpaired) electrons. The Morgan fingerprint density at radius 2 is 1.73 bits per heavy atom. The Hall–Kier alpha value is -2.08. The van der Waals surface area contributed by atoms with Crippen LogP contribution in [0, 0.1) is 0 Å². The van der Waals surface area contributed by atoms with Gasteiger partial charge in [0.2, 0.25) is 5.76 Å². The van der Waals surface area contributed by atoms with Crippen molar-refractivity contribution < 1.29 is 19.1 Å². The van der Waals surface area contributed by atoms with Crippen LogP contribution in [0.2, 0.25) is 0 Å². The lowest BCUT2D eigenvalue weighted by Crippen LogP contribution is -2.50. The van der Waals surface area contributed by atoms with Crippen molar-refractivity contribution in [3.8, 4) is 0 Å². The molecule has 5 nitrogen and oxygen atoms in total. The highest BCUT2D eigenvalue weighted by molar-refractivity contribution is 9.10. The van der Waals surface area contributed by atoms with E-state index in [1.165, 1.54) is 12.1 Å². The average Bonchev–Trinajstić information content (AvgIpc) is 2.94. The molecule has 0 atom stereocenters. The second-order valence-corrected chi connectivity index (χ2v) is 6.28. The summed E-state index contributed by atoms with van der Waals surface area (Å²) in [5.41, 5.74) is 0.647. The van der Waals surface area contributed by atoms with E-state index in [-0.39, 0.29) is 11.5 Å². The number of nitrogens with one attached hydrogen (secondary N) is 1. The van der Waals surface area contributed by atoms with Gasteiger partial charge < -0.3 is 14.8 Å². The molecule has 1 aromatic carbocycles. The van der Waals surface area contributed by atoms with Gasteiger partial charge in [0, 0.05) is 4.47 Å². The van der Waals surface area contributed by atoms with E-state index in [0.29, 0.717) is 0 Å². The Morgan fingerprint density at radius 1 is 1.09 bits per heavy atom. The monoisotopic (exact) mass is 363 g/mol. The molecule has 1 aromatic heterocycles. The van der Waals surface area contributed by atoms with Gasteiger partial charge in [0.25, 0.3) is 5.91 Å². The highest BCUT2D eigenvalue weighted by Crippen LogP contribution is 2.41. The van der Waals surface area contributed by atoms with Gasteiger partial charge in [0.15, 0.2) is 5.76 Å². The number of rotatable bonds is 4. The Kier molecular flexibility index (Phi) is 3.78. The van der Waals surface area contributed by atoms with Gasteiger partial charge in [-0.3, -0.25) is 4.79 Å². The van der Waals surface area contributed by atoms with E-state index >= 15 is 0 Å². The van der Waals surface area contributed by atoms with Crippen molar-refractivity contribution in [1.29, 1.82) is 0 Å². The molecule has 0 aliphatic heterocycles. The zero-order valence-corrected chi connectivity index (χ0v) is 13.2. The lowest BCUT2D eigenvalue weighted by Gasteiger charge is -2.43. The molecule has 0 spiro atoms. The van der Waals surface area contributed by atoms with Crippen molar-refractivity contribution in [2.75, 3.05) is 0 Å². The fourth-order valence-electron chi connectivity index (χ4n) is 2.64. The average molecular weight is 364 g/mol. The highest BCUT2D eigenvalue weighted by Gasteiger charge is 2.40. The number of aromatic carboxylic acids is 1. The second kappa shape index (κ2) is 5.61. The van der Waals surface area contributed by atoms with Crippen molar-refractivity contribution in [3.05, 3.63) is 58.0 Å². The van der Waals surface area contributed by atoms with Crippen LogP contribution in [0.5, 0.6) is 0 Å². The van der Waals surface area contributed by atoms with Crippen LogP contribution in [0.4, 0.5) is 0 Å². The van der Waals surface area contributed by atoms with E-state index in [1.54, 1.807) is 0 Å². The van der Waals surface area contributed by atoms with Crippen LogP contribution >= 0.6 is 15.9 Å². The zero-order valence-electron chi connectivity index (χ0n) is 11.6. The summed E-state index contributed by atoms with van der Waals surface area (Å²) in [6, 6.07) is 10.5. The molecule has 22 heavy (non-hydrogen) atoms. The molecule has 2 N–H and O–H groups in total. The summed E-state index contributed by atoms with van der Waals surface area (Å²) in [7, 11) is 0. The minimum atomic E-state index is -1.19. The first-order valence-electron chi connectivity index (χ1n) is 6.92. The zero-order chi connectivity index (χ0) is 15.7. The summed E-state index contributed by atoms with van der Waals surface area (Å²) < 4.78 is 6.04. The van der Waals surface area contributed by atoms with Crippen LogP contribution in [-0.4, -0.2) is 17.0 Å². The third-order valence-electron chi connectivity index (χ3n) is 4.00. The maximum Gasteiger partial charge on any atom is 0.371 e. The number of benzene rings is 1. The van der Waals surface area contributed by atoms with Gasteiger partial charge >= 0.3 is 5.97 Å². The molecule has 1 amide bonds.